The lowest BCUT2D eigenvalue weighted by atomic mass is 10.0. The Labute approximate surface area is 123 Å². The van der Waals surface area contributed by atoms with Crippen molar-refractivity contribution < 1.29 is 0 Å². The lowest BCUT2D eigenvalue weighted by molar-refractivity contribution is 0.790. The molecule has 0 amide bonds. The molecule has 0 aliphatic carbocycles. The minimum absolute atomic E-state index is 0.315. The van der Waals surface area contributed by atoms with Crippen LogP contribution in [0.4, 0.5) is 0 Å². The zero-order chi connectivity index (χ0) is 12.1. The molecule has 0 rings (SSSR count). The van der Waals surface area contributed by atoms with E-state index in [4.69, 9.17) is 34.8 Å². The Morgan fingerprint density at radius 1 is 1.27 bits per heavy atom. The van der Waals surface area contributed by atoms with Crippen LogP contribution in [0.15, 0.2) is 23.2 Å². The van der Waals surface area contributed by atoms with Crippen LogP contribution in [0.2, 0.25) is 0 Å². The second-order valence-corrected chi connectivity index (χ2v) is 6.85. The smallest absolute Gasteiger partial charge is 0.0804 e. The summed E-state index contributed by atoms with van der Waals surface area (Å²) in [6, 6.07) is 0. The van der Waals surface area contributed by atoms with Crippen LogP contribution in [0.25, 0.3) is 0 Å². The fourth-order valence-electron chi connectivity index (χ4n) is 0.733. The lowest BCUT2D eigenvalue weighted by Gasteiger charge is -2.22. The van der Waals surface area contributed by atoms with Crippen molar-refractivity contribution in [3.8, 4) is 0 Å². The Bertz CT molecular complexity index is 247. The summed E-state index contributed by atoms with van der Waals surface area (Å²) in [6.07, 6.45) is 5.45. The van der Waals surface area contributed by atoms with Crippen LogP contribution in [-0.2, 0) is 0 Å². The molecule has 0 N–H and O–H groups in total. The minimum atomic E-state index is -0.624. The predicted octanol–water partition coefficient (Wildman–Crippen LogP) is 5.45. The number of hydrogen-bond donors (Lipinski definition) is 0. The van der Waals surface area contributed by atoms with Crippen molar-refractivity contribution >= 4 is 66.7 Å². The molecule has 0 fully saturated rings. The highest BCUT2D eigenvalue weighted by Crippen LogP contribution is 2.29. The first-order valence-electron chi connectivity index (χ1n) is 4.30. The summed E-state index contributed by atoms with van der Waals surface area (Å²) in [5.74, 6) is 0. The van der Waals surface area contributed by atoms with Crippen molar-refractivity contribution in [2.45, 2.75) is 29.0 Å². The van der Waals surface area contributed by atoms with E-state index in [1.807, 2.05) is 26.0 Å². The Balaban J connectivity index is 4.55. The molecule has 0 bridgehead atoms. The summed E-state index contributed by atoms with van der Waals surface area (Å²) in [6.45, 7) is 3.74. The Morgan fingerprint density at radius 2 is 1.80 bits per heavy atom. The summed E-state index contributed by atoms with van der Waals surface area (Å²) >= 11 is 25.0. The van der Waals surface area contributed by atoms with Gasteiger partial charge in [-0.2, -0.15) is 0 Å². The third-order valence-electron chi connectivity index (χ3n) is 1.80. The van der Waals surface area contributed by atoms with Crippen LogP contribution in [0.1, 0.15) is 13.8 Å². The van der Waals surface area contributed by atoms with Gasteiger partial charge in [0, 0.05) is 5.33 Å². The summed E-state index contributed by atoms with van der Waals surface area (Å²) < 4.78 is 0. The molecule has 0 nitrogen and oxygen atoms in total. The molecule has 0 aromatic heterocycles. The van der Waals surface area contributed by atoms with Crippen molar-refractivity contribution in [3.05, 3.63) is 23.2 Å². The van der Waals surface area contributed by atoms with Gasteiger partial charge in [-0.25, -0.2) is 0 Å². The standard InChI is InChI=1S/C10H13Br2Cl3/c1-9(14,7-12)4-3-8(13)10(2,15)5-6-11/h3-6,8H,7H2,1-2H3/b4-3+,6-5+. The maximum Gasteiger partial charge on any atom is 0.0804 e. The highest BCUT2D eigenvalue weighted by Gasteiger charge is 2.26. The van der Waals surface area contributed by atoms with Gasteiger partial charge in [0.05, 0.1) is 15.1 Å². The summed E-state index contributed by atoms with van der Waals surface area (Å²) in [5.41, 5.74) is 0. The van der Waals surface area contributed by atoms with Crippen LogP contribution in [0.5, 0.6) is 0 Å². The van der Waals surface area contributed by atoms with E-state index in [9.17, 15) is 0 Å². The molecule has 3 atom stereocenters. The molecule has 5 heteroatoms. The van der Waals surface area contributed by atoms with Gasteiger partial charge in [-0.05, 0) is 18.8 Å². The van der Waals surface area contributed by atoms with Crippen LogP contribution in [-0.4, -0.2) is 20.5 Å². The maximum atomic E-state index is 6.20. The van der Waals surface area contributed by atoms with E-state index in [1.165, 1.54) is 0 Å². The van der Waals surface area contributed by atoms with Crippen molar-refractivity contribution in [2.75, 3.05) is 5.33 Å². The first-order chi connectivity index (χ1) is 6.75. The molecule has 0 aromatic rings. The monoisotopic (exact) mass is 396 g/mol. The second-order valence-electron chi connectivity index (χ2n) is 3.62. The van der Waals surface area contributed by atoms with Crippen LogP contribution < -0.4 is 0 Å². The molecular weight excluding hydrogens is 386 g/mol. The molecule has 88 valence electrons. The van der Waals surface area contributed by atoms with E-state index < -0.39 is 9.75 Å². The van der Waals surface area contributed by atoms with E-state index in [-0.39, 0.29) is 5.38 Å². The summed E-state index contributed by atoms with van der Waals surface area (Å²) in [4.78, 5) is 0.645. The Hall–Kier alpha value is 1.31. The third-order valence-corrected chi connectivity index (χ3v) is 4.89. The van der Waals surface area contributed by atoms with E-state index in [0.29, 0.717) is 5.33 Å². The van der Waals surface area contributed by atoms with Gasteiger partial charge in [-0.3, -0.25) is 0 Å². The minimum Gasteiger partial charge on any atom is -0.116 e. The molecule has 0 aliphatic rings. The normalized spacial score (nSPS) is 22.9. The molecule has 15 heavy (non-hydrogen) atoms. The molecule has 0 aliphatic heterocycles. The lowest BCUT2D eigenvalue weighted by Crippen LogP contribution is -2.26. The predicted molar refractivity (Wildman–Crippen MR) is 79.2 cm³/mol. The van der Waals surface area contributed by atoms with Gasteiger partial charge in [0.25, 0.3) is 0 Å². The quantitative estimate of drug-likeness (QED) is 0.426. The first-order valence-corrected chi connectivity index (χ1v) is 7.53. The van der Waals surface area contributed by atoms with Crippen LogP contribution in [0.3, 0.4) is 0 Å². The third kappa shape index (κ3) is 6.58. The van der Waals surface area contributed by atoms with E-state index >= 15 is 0 Å². The summed E-state index contributed by atoms with van der Waals surface area (Å²) in [5, 5.41) is 0.347. The van der Waals surface area contributed by atoms with Crippen molar-refractivity contribution in [3.63, 3.8) is 0 Å². The molecule has 0 radical (unpaired) electrons. The zero-order valence-corrected chi connectivity index (χ0v) is 13.9. The van der Waals surface area contributed by atoms with Crippen molar-refractivity contribution in [1.29, 1.82) is 0 Å². The Morgan fingerprint density at radius 3 is 2.20 bits per heavy atom. The van der Waals surface area contributed by atoms with Gasteiger partial charge in [-0.1, -0.05) is 50.1 Å². The highest BCUT2D eigenvalue weighted by atomic mass is 79.9. The molecule has 0 aromatic carbocycles. The Kier molecular flexibility index (Phi) is 7.51. The maximum absolute atomic E-state index is 6.20. The van der Waals surface area contributed by atoms with Crippen molar-refractivity contribution in [2.24, 2.45) is 0 Å². The second kappa shape index (κ2) is 6.90. The topological polar surface area (TPSA) is 0 Å². The van der Waals surface area contributed by atoms with Gasteiger partial charge in [0.1, 0.15) is 0 Å². The van der Waals surface area contributed by atoms with Gasteiger partial charge < -0.3 is 0 Å². The summed E-state index contributed by atoms with van der Waals surface area (Å²) in [7, 11) is 0. The average molecular weight is 399 g/mol. The van der Waals surface area contributed by atoms with Crippen LogP contribution >= 0.6 is 66.7 Å². The number of hydrogen-bond acceptors (Lipinski definition) is 0. The number of allylic oxidation sites excluding steroid dienone is 3. The average Bonchev–Trinajstić information content (AvgIpc) is 2.14. The van der Waals surface area contributed by atoms with E-state index in [0.717, 1.165) is 0 Å². The molecule has 0 saturated heterocycles. The molecule has 0 heterocycles. The molecule has 0 saturated carbocycles. The number of halogens is 5. The van der Waals surface area contributed by atoms with Gasteiger partial charge >= 0.3 is 0 Å². The zero-order valence-electron chi connectivity index (χ0n) is 8.48. The first kappa shape index (κ1) is 16.3. The SMILES string of the molecule is CC(Cl)(/C=C/C(Cl)C(C)(Cl)/C=C/Br)CBr. The molecule has 3 unspecified atom stereocenters. The van der Waals surface area contributed by atoms with Crippen molar-refractivity contribution in [1.82, 2.24) is 0 Å². The fourth-order valence-corrected chi connectivity index (χ4v) is 1.98. The van der Waals surface area contributed by atoms with Gasteiger partial charge in [0.15, 0.2) is 0 Å². The molecule has 0 spiro atoms. The highest BCUT2D eigenvalue weighted by molar-refractivity contribution is 9.11. The van der Waals surface area contributed by atoms with Gasteiger partial charge in [0.2, 0.25) is 0 Å². The van der Waals surface area contributed by atoms with E-state index in [1.54, 1.807) is 11.1 Å². The van der Waals surface area contributed by atoms with Gasteiger partial charge in [-0.15, -0.1) is 34.8 Å². The number of rotatable bonds is 5. The van der Waals surface area contributed by atoms with Crippen LogP contribution in [0, 0.1) is 0 Å². The fraction of sp³-hybridized carbons (Fsp3) is 0.600. The molecular formula is C10H13Br2Cl3. The number of alkyl halides is 4. The largest absolute Gasteiger partial charge is 0.116 e. The van der Waals surface area contributed by atoms with E-state index in [2.05, 4.69) is 31.9 Å².